The third-order valence-corrected chi connectivity index (χ3v) is 5.12. The van der Waals surface area contributed by atoms with Crippen molar-refractivity contribution in [1.29, 1.82) is 0 Å². The van der Waals surface area contributed by atoms with Crippen LogP contribution < -0.4 is 15.8 Å². The van der Waals surface area contributed by atoms with Gasteiger partial charge in [-0.25, -0.2) is 4.98 Å². The van der Waals surface area contributed by atoms with E-state index in [0.29, 0.717) is 18.4 Å². The number of hydrogen-bond donors (Lipinski definition) is 3. The van der Waals surface area contributed by atoms with E-state index in [2.05, 4.69) is 65.0 Å². The molecule has 1 aromatic carbocycles. The van der Waals surface area contributed by atoms with Crippen molar-refractivity contribution in [3.8, 4) is 17.0 Å². The van der Waals surface area contributed by atoms with Crippen molar-refractivity contribution >= 4 is 17.5 Å². The van der Waals surface area contributed by atoms with Crippen molar-refractivity contribution in [2.75, 3.05) is 37.3 Å². The molecule has 4 N–H and O–H groups in total. The number of aromatic nitrogens is 4. The summed E-state index contributed by atoms with van der Waals surface area (Å²) >= 11 is 0. The summed E-state index contributed by atoms with van der Waals surface area (Å²) in [6, 6.07) is 9.73. The summed E-state index contributed by atoms with van der Waals surface area (Å²) < 4.78 is 5.89. The highest BCUT2D eigenvalue weighted by Crippen LogP contribution is 2.28. The Balaban J connectivity index is 1.67. The van der Waals surface area contributed by atoms with Gasteiger partial charge in [0, 0.05) is 29.9 Å². The molecule has 0 atom stereocenters. The second-order valence-corrected chi connectivity index (χ2v) is 8.44. The van der Waals surface area contributed by atoms with Gasteiger partial charge in [0.1, 0.15) is 18.2 Å². The normalized spacial score (nSPS) is 11.7. The van der Waals surface area contributed by atoms with E-state index >= 15 is 0 Å². The van der Waals surface area contributed by atoms with Crippen LogP contribution in [0.15, 0.2) is 36.5 Å². The van der Waals surface area contributed by atoms with Gasteiger partial charge in [-0.15, -0.1) is 0 Å². The van der Waals surface area contributed by atoms with E-state index in [1.54, 1.807) is 6.20 Å². The summed E-state index contributed by atoms with van der Waals surface area (Å²) in [5, 5.41) is 10.6. The third-order valence-electron chi connectivity index (χ3n) is 5.12. The fraction of sp³-hybridized carbons (Fsp3) is 0.435. The van der Waals surface area contributed by atoms with Crippen LogP contribution in [-0.4, -0.2) is 51.3 Å². The molecule has 0 amide bonds. The maximum absolute atomic E-state index is 6.21. The number of nitrogen functional groups attached to an aromatic ring is 1. The Morgan fingerprint density at radius 1 is 1.16 bits per heavy atom. The lowest BCUT2D eigenvalue weighted by Crippen LogP contribution is -2.27. The van der Waals surface area contributed by atoms with Gasteiger partial charge in [0.25, 0.3) is 0 Å². The molecule has 2 heterocycles. The van der Waals surface area contributed by atoms with Crippen molar-refractivity contribution in [1.82, 2.24) is 25.1 Å². The number of ether oxygens (including phenoxy) is 1. The zero-order valence-electron chi connectivity index (χ0n) is 19.1. The zero-order chi connectivity index (χ0) is 22.4. The molecule has 3 aromatic rings. The minimum atomic E-state index is -0.0513. The molecule has 0 aliphatic heterocycles. The Labute approximate surface area is 184 Å². The molecule has 0 radical (unpaired) electrons. The molecule has 0 aliphatic rings. The molecule has 0 fully saturated rings. The van der Waals surface area contributed by atoms with Crippen LogP contribution in [0.2, 0.25) is 0 Å². The van der Waals surface area contributed by atoms with Crippen LogP contribution in [0, 0.1) is 0 Å². The number of nitrogens with one attached hydrogen (secondary N) is 2. The average Bonchev–Trinajstić information content (AvgIpc) is 3.22. The van der Waals surface area contributed by atoms with Gasteiger partial charge in [0.2, 0.25) is 5.95 Å². The zero-order valence-corrected chi connectivity index (χ0v) is 19.1. The molecular formula is C23H33N7O. The highest BCUT2D eigenvalue weighted by Gasteiger charge is 2.19. The molecule has 0 spiro atoms. The molecule has 8 heteroatoms. The van der Waals surface area contributed by atoms with Gasteiger partial charge in [-0.3, -0.25) is 5.10 Å². The highest BCUT2D eigenvalue weighted by atomic mass is 16.5. The van der Waals surface area contributed by atoms with Crippen molar-refractivity contribution in [3.63, 3.8) is 0 Å². The molecule has 0 aliphatic carbocycles. The van der Waals surface area contributed by atoms with E-state index in [1.807, 2.05) is 30.3 Å². The van der Waals surface area contributed by atoms with E-state index in [9.17, 15) is 0 Å². The largest absolute Gasteiger partial charge is 0.492 e. The molecule has 2 aromatic heterocycles. The van der Waals surface area contributed by atoms with Gasteiger partial charge >= 0.3 is 0 Å². The summed E-state index contributed by atoms with van der Waals surface area (Å²) in [5.41, 5.74) is 9.48. The van der Waals surface area contributed by atoms with Gasteiger partial charge in [-0.05, 0) is 31.3 Å². The van der Waals surface area contributed by atoms with Crippen molar-refractivity contribution in [2.45, 2.75) is 40.0 Å². The highest BCUT2D eigenvalue weighted by molar-refractivity contribution is 5.71. The molecule has 3 rings (SSSR count). The second kappa shape index (κ2) is 9.78. The Kier molecular flexibility index (Phi) is 7.12. The fourth-order valence-electron chi connectivity index (χ4n) is 3.13. The Morgan fingerprint density at radius 2 is 1.94 bits per heavy atom. The number of nitrogens with two attached hydrogens (primary N) is 1. The number of anilines is 3. The lowest BCUT2D eigenvalue weighted by Gasteiger charge is -2.18. The van der Waals surface area contributed by atoms with Crippen molar-refractivity contribution in [2.24, 2.45) is 0 Å². The third kappa shape index (κ3) is 5.95. The van der Waals surface area contributed by atoms with Gasteiger partial charge in [0.05, 0.1) is 17.0 Å². The first-order chi connectivity index (χ1) is 14.8. The second-order valence-electron chi connectivity index (χ2n) is 8.44. The number of aromatic amines is 1. The molecule has 0 unspecified atom stereocenters. The van der Waals surface area contributed by atoms with Gasteiger partial charge in [-0.1, -0.05) is 40.7 Å². The Bertz CT molecular complexity index is 990. The summed E-state index contributed by atoms with van der Waals surface area (Å²) in [7, 11) is 0. The van der Waals surface area contributed by atoms with E-state index in [0.717, 1.165) is 48.0 Å². The van der Waals surface area contributed by atoms with Crippen LogP contribution in [0.5, 0.6) is 5.75 Å². The minimum Gasteiger partial charge on any atom is -0.492 e. The number of likely N-dealkylation sites (N-methyl/N-ethyl adjacent to an activating group) is 1. The molecule has 8 nitrogen and oxygen atoms in total. The van der Waals surface area contributed by atoms with Crippen LogP contribution in [0.1, 0.15) is 40.3 Å². The number of hydrogen-bond acceptors (Lipinski definition) is 7. The first-order valence-electron chi connectivity index (χ1n) is 10.7. The number of nitrogens with zero attached hydrogens (tertiary/aromatic N) is 4. The Hall–Kier alpha value is -3.13. The van der Waals surface area contributed by atoms with Gasteiger partial charge in [0.15, 0.2) is 0 Å². The van der Waals surface area contributed by atoms with Crippen LogP contribution in [0.3, 0.4) is 0 Å². The standard InChI is InChI=1S/C23H33N7O/c1-6-30(7-2)11-12-31-17-10-8-9-16(13-17)26-22-25-15-18(21(24)27-22)19-14-20(29-28-19)23(3,4)5/h8-10,13-15H,6-7,11-12H2,1-5H3,(H,28,29)(H3,24,25,26,27). The average molecular weight is 424 g/mol. The van der Waals surface area contributed by atoms with E-state index in [4.69, 9.17) is 10.5 Å². The lowest BCUT2D eigenvalue weighted by molar-refractivity contribution is 0.223. The summed E-state index contributed by atoms with van der Waals surface area (Å²) in [4.78, 5) is 11.2. The fourth-order valence-corrected chi connectivity index (χ4v) is 3.13. The lowest BCUT2D eigenvalue weighted by atomic mass is 9.92. The Morgan fingerprint density at radius 3 is 2.58 bits per heavy atom. The molecule has 166 valence electrons. The molecule has 0 saturated heterocycles. The maximum Gasteiger partial charge on any atom is 0.229 e. The van der Waals surface area contributed by atoms with Gasteiger partial charge in [-0.2, -0.15) is 10.1 Å². The monoisotopic (exact) mass is 423 g/mol. The summed E-state index contributed by atoms with van der Waals surface area (Å²) in [6.45, 7) is 14.2. The first kappa shape index (κ1) is 22.6. The number of rotatable bonds is 9. The smallest absolute Gasteiger partial charge is 0.229 e. The molecular weight excluding hydrogens is 390 g/mol. The predicted molar refractivity (Wildman–Crippen MR) is 126 cm³/mol. The molecule has 31 heavy (non-hydrogen) atoms. The SMILES string of the molecule is CCN(CC)CCOc1cccc(Nc2ncc(-c3cc(C(C)(C)C)n[nH]3)c(N)n2)c1. The number of H-pyrrole nitrogens is 1. The predicted octanol–water partition coefficient (Wildman–Crippen LogP) is 4.21. The van der Waals surface area contributed by atoms with Crippen LogP contribution in [0.4, 0.5) is 17.5 Å². The maximum atomic E-state index is 6.21. The van der Waals surface area contributed by atoms with E-state index in [1.165, 1.54) is 0 Å². The van der Waals surface area contributed by atoms with E-state index < -0.39 is 0 Å². The van der Waals surface area contributed by atoms with Crippen LogP contribution >= 0.6 is 0 Å². The van der Waals surface area contributed by atoms with Crippen LogP contribution in [0.25, 0.3) is 11.3 Å². The van der Waals surface area contributed by atoms with Crippen molar-refractivity contribution < 1.29 is 4.74 Å². The van der Waals surface area contributed by atoms with E-state index in [-0.39, 0.29) is 5.41 Å². The quantitative estimate of drug-likeness (QED) is 0.473. The topological polar surface area (TPSA) is 105 Å². The van der Waals surface area contributed by atoms with Crippen LogP contribution in [-0.2, 0) is 5.41 Å². The van der Waals surface area contributed by atoms with Gasteiger partial charge < -0.3 is 20.7 Å². The van der Waals surface area contributed by atoms with Crippen molar-refractivity contribution in [3.05, 3.63) is 42.2 Å². The first-order valence-corrected chi connectivity index (χ1v) is 10.7. The number of benzene rings is 1. The summed E-state index contributed by atoms with van der Waals surface area (Å²) in [5.74, 6) is 1.61. The molecule has 0 saturated carbocycles. The summed E-state index contributed by atoms with van der Waals surface area (Å²) in [6.07, 6.45) is 1.70. The minimum absolute atomic E-state index is 0.0513. The molecule has 0 bridgehead atoms.